The number of alkyl halides is 3. The molecule has 1 aromatic rings. The number of allylic oxidation sites excluding steroid dienone is 2. The van der Waals surface area contributed by atoms with E-state index in [0.29, 0.717) is 32.8 Å². The van der Waals surface area contributed by atoms with Crippen LogP contribution in [0.5, 0.6) is 0 Å². The van der Waals surface area contributed by atoms with Crippen molar-refractivity contribution in [3.05, 3.63) is 57.9 Å². The van der Waals surface area contributed by atoms with E-state index in [-0.39, 0.29) is 17.9 Å². The SMILES string of the molecule is CC1=C(C(=O)[O-])C(c2ccccc2C(F)(F)F)C(C(=O)[O-])=C(C)N1CCN1CCOCC1. The fourth-order valence-electron chi connectivity index (χ4n) is 4.36. The number of nitrogens with zero attached hydrogens (tertiary/aromatic N) is 2. The van der Waals surface area contributed by atoms with Crippen LogP contribution in [0.15, 0.2) is 46.8 Å². The highest BCUT2D eigenvalue weighted by Crippen LogP contribution is 2.45. The number of benzene rings is 1. The zero-order valence-corrected chi connectivity index (χ0v) is 17.7. The van der Waals surface area contributed by atoms with Gasteiger partial charge in [0, 0.05) is 54.6 Å². The lowest BCUT2D eigenvalue weighted by Crippen LogP contribution is -2.45. The molecular weight excluding hydrogens is 429 g/mol. The number of carboxylic acid groups (broad SMARTS) is 2. The molecule has 0 amide bonds. The Labute approximate surface area is 183 Å². The second-order valence-electron chi connectivity index (χ2n) is 7.70. The molecule has 0 saturated carbocycles. The van der Waals surface area contributed by atoms with Gasteiger partial charge in [0.1, 0.15) is 0 Å². The first kappa shape index (κ1) is 23.8. The second kappa shape index (κ2) is 9.33. The van der Waals surface area contributed by atoms with Crippen molar-refractivity contribution in [3.63, 3.8) is 0 Å². The van der Waals surface area contributed by atoms with Crippen molar-refractivity contribution < 1.29 is 37.7 Å². The van der Waals surface area contributed by atoms with Crippen LogP contribution in [-0.4, -0.2) is 61.1 Å². The van der Waals surface area contributed by atoms with Gasteiger partial charge in [-0.05, 0) is 25.5 Å². The first-order valence-electron chi connectivity index (χ1n) is 10.1. The Morgan fingerprint density at radius 2 is 1.53 bits per heavy atom. The van der Waals surface area contributed by atoms with Crippen LogP contribution < -0.4 is 10.2 Å². The topological polar surface area (TPSA) is 96.0 Å². The summed E-state index contributed by atoms with van der Waals surface area (Å²) in [6.07, 6.45) is -4.81. The Morgan fingerprint density at radius 3 is 2.03 bits per heavy atom. The fraction of sp³-hybridized carbons (Fsp3) is 0.455. The maximum Gasteiger partial charge on any atom is 0.416 e. The molecule has 1 aromatic carbocycles. The number of ether oxygens (including phenoxy) is 1. The number of hydrogen-bond acceptors (Lipinski definition) is 7. The fourth-order valence-corrected chi connectivity index (χ4v) is 4.36. The summed E-state index contributed by atoms with van der Waals surface area (Å²) in [5, 5.41) is 24.2. The molecule has 0 radical (unpaired) electrons. The first-order chi connectivity index (χ1) is 15.0. The van der Waals surface area contributed by atoms with Crippen molar-refractivity contribution in [2.45, 2.75) is 25.9 Å². The molecular formula is C22H23F3N2O5-2. The number of carbonyl (C=O) groups is 2. The Balaban J connectivity index is 2.11. The van der Waals surface area contributed by atoms with Crippen LogP contribution in [-0.2, 0) is 20.5 Å². The molecule has 1 fully saturated rings. The largest absolute Gasteiger partial charge is 0.545 e. The third kappa shape index (κ3) is 4.66. The van der Waals surface area contributed by atoms with Gasteiger partial charge in [0.25, 0.3) is 0 Å². The predicted molar refractivity (Wildman–Crippen MR) is 104 cm³/mol. The molecule has 0 bridgehead atoms. The van der Waals surface area contributed by atoms with Crippen LogP contribution in [0.3, 0.4) is 0 Å². The molecule has 0 aromatic heterocycles. The third-order valence-electron chi connectivity index (χ3n) is 5.93. The van der Waals surface area contributed by atoms with Gasteiger partial charge in [0.05, 0.1) is 30.7 Å². The lowest BCUT2D eigenvalue weighted by atomic mass is 9.78. The highest BCUT2D eigenvalue weighted by molar-refractivity contribution is 5.97. The number of halogens is 3. The molecule has 32 heavy (non-hydrogen) atoms. The quantitative estimate of drug-likeness (QED) is 0.620. The molecule has 0 unspecified atom stereocenters. The summed E-state index contributed by atoms with van der Waals surface area (Å²) in [4.78, 5) is 27.8. The molecule has 1 saturated heterocycles. The molecule has 174 valence electrons. The van der Waals surface area contributed by atoms with Crippen molar-refractivity contribution in [2.24, 2.45) is 0 Å². The summed E-state index contributed by atoms with van der Waals surface area (Å²) >= 11 is 0. The van der Waals surface area contributed by atoms with E-state index in [2.05, 4.69) is 4.90 Å². The predicted octanol–water partition coefficient (Wildman–Crippen LogP) is 0.485. The van der Waals surface area contributed by atoms with Crippen molar-refractivity contribution in [1.82, 2.24) is 9.80 Å². The minimum absolute atomic E-state index is 0.141. The van der Waals surface area contributed by atoms with Crippen LogP contribution >= 0.6 is 0 Å². The van der Waals surface area contributed by atoms with E-state index >= 15 is 0 Å². The molecule has 3 rings (SSSR count). The van der Waals surface area contributed by atoms with Gasteiger partial charge in [-0.25, -0.2) is 0 Å². The lowest BCUT2D eigenvalue weighted by molar-refractivity contribution is -0.300. The Kier molecular flexibility index (Phi) is 6.94. The Hall–Kier alpha value is -2.85. The monoisotopic (exact) mass is 452 g/mol. The molecule has 2 heterocycles. The van der Waals surface area contributed by atoms with Gasteiger partial charge in [-0.3, -0.25) is 4.90 Å². The van der Waals surface area contributed by atoms with Crippen molar-refractivity contribution in [2.75, 3.05) is 39.4 Å². The maximum absolute atomic E-state index is 13.7. The van der Waals surface area contributed by atoms with Gasteiger partial charge >= 0.3 is 6.18 Å². The highest BCUT2D eigenvalue weighted by atomic mass is 19.4. The molecule has 2 aliphatic rings. The summed E-state index contributed by atoms with van der Waals surface area (Å²) in [7, 11) is 0. The Bertz CT molecular complexity index is 927. The summed E-state index contributed by atoms with van der Waals surface area (Å²) < 4.78 is 46.3. The van der Waals surface area contributed by atoms with Gasteiger partial charge in [-0.2, -0.15) is 13.2 Å². The smallest absolute Gasteiger partial charge is 0.416 e. The number of aliphatic carboxylic acids is 2. The van der Waals surface area contributed by atoms with Gasteiger partial charge in [0.2, 0.25) is 0 Å². The molecule has 10 heteroatoms. The van der Waals surface area contributed by atoms with Gasteiger partial charge in [0.15, 0.2) is 0 Å². The summed E-state index contributed by atoms with van der Waals surface area (Å²) in [5.74, 6) is -5.14. The number of hydrogen-bond donors (Lipinski definition) is 0. The van der Waals surface area contributed by atoms with E-state index in [9.17, 15) is 33.0 Å². The number of rotatable bonds is 6. The maximum atomic E-state index is 13.7. The molecule has 0 N–H and O–H groups in total. The van der Waals surface area contributed by atoms with E-state index < -0.39 is 46.3 Å². The van der Waals surface area contributed by atoms with E-state index in [4.69, 9.17) is 4.74 Å². The molecule has 0 aliphatic carbocycles. The minimum Gasteiger partial charge on any atom is -0.545 e. The van der Waals surface area contributed by atoms with Crippen molar-refractivity contribution >= 4 is 11.9 Å². The normalized spacial score (nSPS) is 19.0. The van der Waals surface area contributed by atoms with Crippen molar-refractivity contribution in [1.29, 1.82) is 0 Å². The average Bonchev–Trinajstić information content (AvgIpc) is 2.72. The average molecular weight is 452 g/mol. The zero-order valence-electron chi connectivity index (χ0n) is 17.7. The highest BCUT2D eigenvalue weighted by Gasteiger charge is 2.40. The number of carbonyl (C=O) groups excluding carboxylic acids is 2. The zero-order chi connectivity index (χ0) is 23.6. The summed E-state index contributed by atoms with van der Waals surface area (Å²) in [6, 6.07) is 4.35. The van der Waals surface area contributed by atoms with Gasteiger partial charge in [-0.15, -0.1) is 0 Å². The molecule has 7 nitrogen and oxygen atoms in total. The van der Waals surface area contributed by atoms with Gasteiger partial charge in [-0.1, -0.05) is 18.2 Å². The van der Waals surface area contributed by atoms with E-state index in [1.165, 1.54) is 24.8 Å². The standard InChI is InChI=1S/C22H25F3N2O5/c1-13-17(20(28)29)19(15-5-3-4-6-16(15)22(23,24)25)18(21(30)31)14(2)27(13)8-7-26-9-11-32-12-10-26/h3-6,19H,7-12H2,1-2H3,(H,28,29)(H,30,31)/p-2. The van der Waals surface area contributed by atoms with Crippen molar-refractivity contribution in [3.8, 4) is 0 Å². The van der Waals surface area contributed by atoms with Crippen LogP contribution in [0.1, 0.15) is 30.9 Å². The Morgan fingerprint density at radius 1 is 1.00 bits per heavy atom. The molecule has 0 spiro atoms. The number of morpholine rings is 1. The van der Waals surface area contributed by atoms with Crippen LogP contribution in [0.4, 0.5) is 13.2 Å². The summed E-state index contributed by atoms with van der Waals surface area (Å²) in [6.45, 7) is 6.07. The van der Waals surface area contributed by atoms with Crippen LogP contribution in [0.25, 0.3) is 0 Å². The third-order valence-corrected chi connectivity index (χ3v) is 5.93. The van der Waals surface area contributed by atoms with E-state index in [1.54, 1.807) is 0 Å². The first-order valence-corrected chi connectivity index (χ1v) is 10.1. The summed E-state index contributed by atoms with van der Waals surface area (Å²) in [5.41, 5.74) is -2.33. The number of carboxylic acids is 2. The molecule has 0 atom stereocenters. The lowest BCUT2D eigenvalue weighted by Gasteiger charge is -2.41. The second-order valence-corrected chi connectivity index (χ2v) is 7.70. The van der Waals surface area contributed by atoms with E-state index in [0.717, 1.165) is 18.2 Å². The van der Waals surface area contributed by atoms with Crippen LogP contribution in [0, 0.1) is 0 Å². The van der Waals surface area contributed by atoms with Gasteiger partial charge < -0.3 is 29.4 Å². The minimum atomic E-state index is -4.81. The van der Waals surface area contributed by atoms with Crippen LogP contribution in [0.2, 0.25) is 0 Å². The van der Waals surface area contributed by atoms with E-state index in [1.807, 2.05) is 0 Å². The molecule has 2 aliphatic heterocycles.